The highest BCUT2D eigenvalue weighted by atomic mass is 16.4. The van der Waals surface area contributed by atoms with Crippen molar-refractivity contribution in [2.75, 3.05) is 20.1 Å². The van der Waals surface area contributed by atoms with Crippen molar-refractivity contribution in [1.82, 2.24) is 15.5 Å². The third-order valence-electron chi connectivity index (χ3n) is 3.04. The first-order valence-corrected chi connectivity index (χ1v) is 6.08. The first-order chi connectivity index (χ1) is 8.88. The third kappa shape index (κ3) is 5.56. The Balaban J connectivity index is 2.40. The first-order valence-electron chi connectivity index (χ1n) is 6.08. The summed E-state index contributed by atoms with van der Waals surface area (Å²) in [7, 11) is 1.99. The van der Waals surface area contributed by atoms with Gasteiger partial charge in [0.25, 0.3) is 0 Å². The predicted octanol–water partition coefficient (Wildman–Crippen LogP) is -0.692. The van der Waals surface area contributed by atoms with Crippen LogP contribution in [-0.2, 0) is 9.59 Å². The molecule has 1 saturated heterocycles. The van der Waals surface area contributed by atoms with Crippen LogP contribution >= 0.6 is 0 Å². The average molecular weight is 273 g/mol. The topological polar surface area (TPSA) is 119 Å². The molecule has 1 fully saturated rings. The second-order valence-electron chi connectivity index (χ2n) is 4.68. The summed E-state index contributed by atoms with van der Waals surface area (Å²) in [6.07, 6.45) is 0.942. The molecule has 8 heteroatoms. The van der Waals surface area contributed by atoms with Gasteiger partial charge in [0, 0.05) is 6.04 Å². The van der Waals surface area contributed by atoms with Crippen molar-refractivity contribution in [3.63, 3.8) is 0 Å². The van der Waals surface area contributed by atoms with E-state index in [1.54, 1.807) is 0 Å². The number of aliphatic carboxylic acids is 2. The van der Waals surface area contributed by atoms with Crippen LogP contribution in [0, 0.1) is 0 Å². The van der Waals surface area contributed by atoms with E-state index in [0.717, 1.165) is 25.9 Å². The highest BCUT2D eigenvalue weighted by Crippen LogP contribution is 2.07. The summed E-state index contributed by atoms with van der Waals surface area (Å²) in [6, 6.07) is -2.05. The number of amides is 2. The average Bonchev–Trinajstić information content (AvgIpc) is 2.30. The highest BCUT2D eigenvalue weighted by Gasteiger charge is 2.25. The van der Waals surface area contributed by atoms with Crippen molar-refractivity contribution in [3.05, 3.63) is 0 Å². The number of nitrogens with one attached hydrogen (secondary N) is 2. The lowest BCUT2D eigenvalue weighted by Crippen LogP contribution is -2.51. The van der Waals surface area contributed by atoms with Gasteiger partial charge in [-0.3, -0.25) is 4.79 Å². The summed E-state index contributed by atoms with van der Waals surface area (Å²) < 4.78 is 0. The second-order valence-corrected chi connectivity index (χ2v) is 4.68. The molecule has 0 radical (unpaired) electrons. The predicted molar refractivity (Wildman–Crippen MR) is 65.9 cm³/mol. The van der Waals surface area contributed by atoms with Crippen LogP contribution in [0.4, 0.5) is 4.79 Å². The molecule has 1 unspecified atom stereocenters. The normalized spacial score (nSPS) is 18.6. The van der Waals surface area contributed by atoms with Gasteiger partial charge in [-0.15, -0.1) is 0 Å². The van der Waals surface area contributed by atoms with Gasteiger partial charge in [0.15, 0.2) is 0 Å². The Hall–Kier alpha value is -1.83. The smallest absolute Gasteiger partial charge is 0.326 e. The van der Waals surface area contributed by atoms with Gasteiger partial charge in [0.05, 0.1) is 6.42 Å². The Labute approximate surface area is 110 Å². The molecular weight excluding hydrogens is 254 g/mol. The number of hydrogen-bond acceptors (Lipinski definition) is 4. The number of piperidine rings is 1. The summed E-state index contributed by atoms with van der Waals surface area (Å²) in [4.78, 5) is 35.0. The molecular formula is C11H19N3O5. The van der Waals surface area contributed by atoms with E-state index in [-0.39, 0.29) is 6.04 Å². The molecule has 19 heavy (non-hydrogen) atoms. The molecule has 2 amide bonds. The van der Waals surface area contributed by atoms with Crippen molar-refractivity contribution in [2.24, 2.45) is 0 Å². The molecule has 1 aliphatic rings. The van der Waals surface area contributed by atoms with E-state index < -0.39 is 30.4 Å². The van der Waals surface area contributed by atoms with Crippen molar-refractivity contribution in [3.8, 4) is 0 Å². The Morgan fingerprint density at radius 3 is 2.32 bits per heavy atom. The third-order valence-corrected chi connectivity index (χ3v) is 3.04. The van der Waals surface area contributed by atoms with Gasteiger partial charge < -0.3 is 25.7 Å². The molecule has 1 rings (SSSR count). The van der Waals surface area contributed by atoms with Crippen LogP contribution in [0.3, 0.4) is 0 Å². The van der Waals surface area contributed by atoms with Crippen LogP contribution < -0.4 is 10.6 Å². The van der Waals surface area contributed by atoms with E-state index in [9.17, 15) is 14.4 Å². The maximum absolute atomic E-state index is 11.6. The quantitative estimate of drug-likeness (QED) is 0.526. The molecule has 0 aliphatic carbocycles. The van der Waals surface area contributed by atoms with Gasteiger partial charge in [-0.2, -0.15) is 0 Å². The number of carbonyl (C=O) groups is 3. The first kappa shape index (κ1) is 15.2. The fraction of sp³-hybridized carbons (Fsp3) is 0.727. The number of carbonyl (C=O) groups excluding carboxylic acids is 1. The van der Waals surface area contributed by atoms with E-state index in [1.165, 1.54) is 0 Å². The number of rotatable bonds is 5. The molecule has 1 atom stereocenters. The Kier molecular flexibility index (Phi) is 5.56. The number of carboxylic acid groups (broad SMARTS) is 2. The summed E-state index contributed by atoms with van der Waals surface area (Å²) in [5.41, 5.74) is 0. The summed E-state index contributed by atoms with van der Waals surface area (Å²) in [5.74, 6) is -2.63. The second kappa shape index (κ2) is 6.93. The van der Waals surface area contributed by atoms with Gasteiger partial charge in [-0.05, 0) is 33.0 Å². The number of nitrogens with zero attached hydrogens (tertiary/aromatic N) is 1. The standard InChI is InChI=1S/C11H19N3O5/c1-14-4-2-7(3-5-14)12-11(19)13-8(10(17)18)6-9(15)16/h7-8H,2-6H2,1H3,(H,15,16)(H,17,18)(H2,12,13,19). The molecule has 0 spiro atoms. The van der Waals surface area contributed by atoms with Gasteiger partial charge >= 0.3 is 18.0 Å². The lowest BCUT2D eigenvalue weighted by Gasteiger charge is -2.29. The maximum atomic E-state index is 11.6. The molecule has 0 aromatic heterocycles. The Morgan fingerprint density at radius 2 is 1.84 bits per heavy atom. The fourth-order valence-corrected chi connectivity index (χ4v) is 1.91. The Morgan fingerprint density at radius 1 is 1.26 bits per heavy atom. The molecule has 0 saturated carbocycles. The minimum absolute atomic E-state index is 0.00419. The van der Waals surface area contributed by atoms with Crippen LogP contribution in [-0.4, -0.2) is 65.3 Å². The van der Waals surface area contributed by atoms with Crippen molar-refractivity contribution in [2.45, 2.75) is 31.3 Å². The van der Waals surface area contributed by atoms with E-state index in [0.29, 0.717) is 0 Å². The Bertz CT molecular complexity index is 352. The number of urea groups is 1. The molecule has 1 aliphatic heterocycles. The van der Waals surface area contributed by atoms with Gasteiger partial charge in [-0.1, -0.05) is 0 Å². The lowest BCUT2D eigenvalue weighted by atomic mass is 10.1. The highest BCUT2D eigenvalue weighted by molar-refractivity contribution is 5.86. The van der Waals surface area contributed by atoms with Crippen LogP contribution in [0.5, 0.6) is 0 Å². The lowest BCUT2D eigenvalue weighted by molar-refractivity contribution is -0.145. The van der Waals surface area contributed by atoms with Gasteiger partial charge in [0.1, 0.15) is 6.04 Å². The van der Waals surface area contributed by atoms with E-state index in [4.69, 9.17) is 10.2 Å². The van der Waals surface area contributed by atoms with Crippen molar-refractivity contribution < 1.29 is 24.6 Å². The van der Waals surface area contributed by atoms with Crippen molar-refractivity contribution >= 4 is 18.0 Å². The molecule has 0 aromatic rings. The number of hydrogen-bond donors (Lipinski definition) is 4. The SMILES string of the molecule is CN1CCC(NC(=O)NC(CC(=O)O)C(=O)O)CC1. The minimum Gasteiger partial charge on any atom is -0.481 e. The molecule has 108 valence electrons. The van der Waals surface area contributed by atoms with Crippen LogP contribution in [0.2, 0.25) is 0 Å². The monoisotopic (exact) mass is 273 g/mol. The number of carboxylic acids is 2. The van der Waals surface area contributed by atoms with Crippen LogP contribution in [0.25, 0.3) is 0 Å². The molecule has 0 aromatic carbocycles. The minimum atomic E-state index is -1.41. The molecule has 4 N–H and O–H groups in total. The molecule has 8 nitrogen and oxygen atoms in total. The van der Waals surface area contributed by atoms with Gasteiger partial charge in [0.2, 0.25) is 0 Å². The maximum Gasteiger partial charge on any atom is 0.326 e. The molecule has 1 heterocycles. The zero-order valence-corrected chi connectivity index (χ0v) is 10.8. The van der Waals surface area contributed by atoms with Crippen LogP contribution in [0.15, 0.2) is 0 Å². The zero-order valence-electron chi connectivity index (χ0n) is 10.8. The zero-order chi connectivity index (χ0) is 14.4. The molecule has 0 bridgehead atoms. The largest absolute Gasteiger partial charge is 0.481 e. The summed E-state index contributed by atoms with van der Waals surface area (Å²) >= 11 is 0. The number of likely N-dealkylation sites (tertiary alicyclic amines) is 1. The van der Waals surface area contributed by atoms with E-state index in [2.05, 4.69) is 15.5 Å². The van der Waals surface area contributed by atoms with E-state index in [1.807, 2.05) is 7.05 Å². The van der Waals surface area contributed by atoms with E-state index >= 15 is 0 Å². The van der Waals surface area contributed by atoms with Gasteiger partial charge in [-0.25, -0.2) is 9.59 Å². The summed E-state index contributed by atoms with van der Waals surface area (Å²) in [6.45, 7) is 1.73. The van der Waals surface area contributed by atoms with Crippen LogP contribution in [0.1, 0.15) is 19.3 Å². The summed E-state index contributed by atoms with van der Waals surface area (Å²) in [5, 5.41) is 22.2. The van der Waals surface area contributed by atoms with Crippen molar-refractivity contribution in [1.29, 1.82) is 0 Å². The fourth-order valence-electron chi connectivity index (χ4n) is 1.91.